The molecule has 2 N–H and O–H groups in total. The Morgan fingerprint density at radius 3 is 2.85 bits per heavy atom. The Bertz CT molecular complexity index is 460. The summed E-state index contributed by atoms with van der Waals surface area (Å²) in [5.41, 5.74) is 8.48. The standard InChI is InChI=1S/C10H9ClN2/c1-6-2-9(12)4-7-3-8(11)5-13-10(6)7/h2-5H,12H2,1H3. The van der Waals surface area contributed by atoms with Crippen LogP contribution in [0.15, 0.2) is 24.4 Å². The lowest BCUT2D eigenvalue weighted by Gasteiger charge is -2.02. The van der Waals surface area contributed by atoms with Crippen molar-refractivity contribution < 1.29 is 0 Å². The number of halogens is 1. The van der Waals surface area contributed by atoms with Crippen molar-refractivity contribution in [3.63, 3.8) is 0 Å². The quantitative estimate of drug-likeness (QED) is 0.652. The van der Waals surface area contributed by atoms with E-state index in [1.54, 1.807) is 6.20 Å². The Balaban J connectivity index is 2.86. The lowest BCUT2D eigenvalue weighted by Crippen LogP contribution is -1.89. The van der Waals surface area contributed by atoms with Crippen molar-refractivity contribution in [3.8, 4) is 0 Å². The van der Waals surface area contributed by atoms with Crippen molar-refractivity contribution in [1.82, 2.24) is 4.98 Å². The first-order valence-electron chi connectivity index (χ1n) is 3.98. The van der Waals surface area contributed by atoms with Crippen LogP contribution in [0.1, 0.15) is 5.56 Å². The topological polar surface area (TPSA) is 38.9 Å². The van der Waals surface area contributed by atoms with E-state index in [1.165, 1.54) is 0 Å². The number of anilines is 1. The van der Waals surface area contributed by atoms with E-state index in [1.807, 2.05) is 25.1 Å². The third kappa shape index (κ3) is 1.45. The van der Waals surface area contributed by atoms with Crippen molar-refractivity contribution >= 4 is 28.2 Å². The third-order valence-corrected chi connectivity index (χ3v) is 2.17. The Kier molecular flexibility index (Phi) is 1.85. The lowest BCUT2D eigenvalue weighted by atomic mass is 10.1. The number of hydrogen-bond donors (Lipinski definition) is 1. The molecule has 0 saturated heterocycles. The van der Waals surface area contributed by atoms with Crippen molar-refractivity contribution in [2.24, 2.45) is 0 Å². The number of pyridine rings is 1. The van der Waals surface area contributed by atoms with E-state index in [0.29, 0.717) is 5.02 Å². The maximum atomic E-state index is 5.82. The van der Waals surface area contributed by atoms with Crippen molar-refractivity contribution in [3.05, 3.63) is 35.0 Å². The normalized spacial score (nSPS) is 10.6. The first kappa shape index (κ1) is 8.32. The number of nitrogens with two attached hydrogens (primary N) is 1. The van der Waals surface area contributed by atoms with E-state index in [-0.39, 0.29) is 0 Å². The predicted octanol–water partition coefficient (Wildman–Crippen LogP) is 2.78. The number of fused-ring (bicyclic) bond motifs is 1. The highest BCUT2D eigenvalue weighted by atomic mass is 35.5. The van der Waals surface area contributed by atoms with Crippen LogP contribution in [0.2, 0.25) is 5.02 Å². The van der Waals surface area contributed by atoms with Gasteiger partial charge in [-0.1, -0.05) is 11.6 Å². The summed E-state index contributed by atoms with van der Waals surface area (Å²) >= 11 is 5.82. The average molecular weight is 193 g/mol. The van der Waals surface area contributed by atoms with E-state index >= 15 is 0 Å². The van der Waals surface area contributed by atoms with Gasteiger partial charge in [0.05, 0.1) is 10.5 Å². The van der Waals surface area contributed by atoms with Crippen LogP contribution >= 0.6 is 11.6 Å². The summed E-state index contributed by atoms with van der Waals surface area (Å²) in [4.78, 5) is 4.23. The van der Waals surface area contributed by atoms with Gasteiger partial charge in [0.1, 0.15) is 0 Å². The zero-order chi connectivity index (χ0) is 9.42. The molecule has 1 aromatic heterocycles. The maximum absolute atomic E-state index is 5.82. The van der Waals surface area contributed by atoms with Gasteiger partial charge in [0.2, 0.25) is 0 Å². The van der Waals surface area contributed by atoms with Gasteiger partial charge in [-0.3, -0.25) is 4.98 Å². The molecule has 13 heavy (non-hydrogen) atoms. The molecular weight excluding hydrogens is 184 g/mol. The second-order valence-electron chi connectivity index (χ2n) is 3.06. The maximum Gasteiger partial charge on any atom is 0.0733 e. The molecule has 3 heteroatoms. The van der Waals surface area contributed by atoms with Gasteiger partial charge in [0.25, 0.3) is 0 Å². The molecule has 0 aliphatic heterocycles. The highest BCUT2D eigenvalue weighted by Crippen LogP contribution is 2.22. The number of nitrogen functional groups attached to an aromatic ring is 1. The summed E-state index contributed by atoms with van der Waals surface area (Å²) < 4.78 is 0. The number of nitrogens with zero attached hydrogens (tertiary/aromatic N) is 1. The van der Waals surface area contributed by atoms with Gasteiger partial charge in [-0.05, 0) is 30.7 Å². The first-order chi connectivity index (χ1) is 6.16. The van der Waals surface area contributed by atoms with E-state index in [9.17, 15) is 0 Å². The third-order valence-electron chi connectivity index (χ3n) is 1.96. The minimum absolute atomic E-state index is 0.637. The van der Waals surface area contributed by atoms with Crippen LogP contribution in [-0.4, -0.2) is 4.98 Å². The van der Waals surface area contributed by atoms with Crippen molar-refractivity contribution in [2.45, 2.75) is 6.92 Å². The fourth-order valence-electron chi connectivity index (χ4n) is 1.43. The van der Waals surface area contributed by atoms with Crippen LogP contribution in [0.5, 0.6) is 0 Å². The molecule has 2 aromatic rings. The molecule has 0 unspecified atom stereocenters. The van der Waals surface area contributed by atoms with E-state index < -0.39 is 0 Å². The molecule has 2 nitrogen and oxygen atoms in total. The molecule has 1 aromatic carbocycles. The predicted molar refractivity (Wildman–Crippen MR) is 55.9 cm³/mol. The molecule has 0 saturated carbocycles. The largest absolute Gasteiger partial charge is 0.399 e. The van der Waals surface area contributed by atoms with Gasteiger partial charge >= 0.3 is 0 Å². The number of aryl methyl sites for hydroxylation is 1. The number of benzene rings is 1. The molecular formula is C10H9ClN2. The molecule has 0 fully saturated rings. The number of aromatic nitrogens is 1. The lowest BCUT2D eigenvalue weighted by molar-refractivity contribution is 1.37. The number of hydrogen-bond acceptors (Lipinski definition) is 2. The van der Waals surface area contributed by atoms with Crippen LogP contribution in [0.25, 0.3) is 10.9 Å². The summed E-state index contributed by atoms with van der Waals surface area (Å²) in [7, 11) is 0. The summed E-state index contributed by atoms with van der Waals surface area (Å²) in [6.07, 6.45) is 1.65. The van der Waals surface area contributed by atoms with Crippen LogP contribution < -0.4 is 5.73 Å². The van der Waals surface area contributed by atoms with Crippen LogP contribution in [0.3, 0.4) is 0 Å². The molecule has 0 aliphatic carbocycles. The zero-order valence-corrected chi connectivity index (χ0v) is 7.97. The molecule has 0 spiro atoms. The monoisotopic (exact) mass is 192 g/mol. The smallest absolute Gasteiger partial charge is 0.0733 e. The Hall–Kier alpha value is -1.28. The molecule has 0 aliphatic rings. The van der Waals surface area contributed by atoms with Crippen LogP contribution in [0.4, 0.5) is 5.69 Å². The number of rotatable bonds is 0. The van der Waals surface area contributed by atoms with Gasteiger partial charge < -0.3 is 5.73 Å². The summed E-state index contributed by atoms with van der Waals surface area (Å²) in [5.74, 6) is 0. The highest BCUT2D eigenvalue weighted by molar-refractivity contribution is 6.31. The molecule has 0 bridgehead atoms. The van der Waals surface area contributed by atoms with Crippen molar-refractivity contribution in [2.75, 3.05) is 5.73 Å². The summed E-state index contributed by atoms with van der Waals surface area (Å²) in [6.45, 7) is 1.99. The highest BCUT2D eigenvalue weighted by Gasteiger charge is 2.00. The molecule has 1 heterocycles. The second-order valence-corrected chi connectivity index (χ2v) is 3.50. The van der Waals surface area contributed by atoms with E-state index in [0.717, 1.165) is 22.2 Å². The fourth-order valence-corrected chi connectivity index (χ4v) is 1.60. The SMILES string of the molecule is Cc1cc(N)cc2cc(Cl)cnc12. The van der Waals surface area contributed by atoms with E-state index in [2.05, 4.69) is 4.98 Å². The van der Waals surface area contributed by atoms with Gasteiger partial charge in [0, 0.05) is 17.3 Å². The summed E-state index contributed by atoms with van der Waals surface area (Å²) in [6, 6.07) is 5.65. The Labute approximate surface area is 81.3 Å². The second kappa shape index (κ2) is 2.89. The molecule has 66 valence electrons. The van der Waals surface area contributed by atoms with Gasteiger partial charge in [-0.2, -0.15) is 0 Å². The fraction of sp³-hybridized carbons (Fsp3) is 0.100. The Morgan fingerprint density at radius 1 is 1.31 bits per heavy atom. The van der Waals surface area contributed by atoms with Gasteiger partial charge in [-0.15, -0.1) is 0 Å². The molecule has 0 amide bonds. The minimum Gasteiger partial charge on any atom is -0.399 e. The Morgan fingerprint density at radius 2 is 2.08 bits per heavy atom. The van der Waals surface area contributed by atoms with E-state index in [4.69, 9.17) is 17.3 Å². The minimum atomic E-state index is 0.637. The molecule has 2 rings (SSSR count). The summed E-state index contributed by atoms with van der Waals surface area (Å²) in [5, 5.41) is 1.63. The zero-order valence-electron chi connectivity index (χ0n) is 7.21. The van der Waals surface area contributed by atoms with Gasteiger partial charge in [-0.25, -0.2) is 0 Å². The molecule has 0 radical (unpaired) electrons. The van der Waals surface area contributed by atoms with Crippen LogP contribution in [-0.2, 0) is 0 Å². The molecule has 0 atom stereocenters. The van der Waals surface area contributed by atoms with Gasteiger partial charge in [0.15, 0.2) is 0 Å². The average Bonchev–Trinajstić information content (AvgIpc) is 2.02. The first-order valence-corrected chi connectivity index (χ1v) is 4.36. The van der Waals surface area contributed by atoms with Crippen LogP contribution in [0, 0.1) is 6.92 Å². The van der Waals surface area contributed by atoms with Crippen molar-refractivity contribution in [1.29, 1.82) is 0 Å².